The van der Waals surface area contributed by atoms with Gasteiger partial charge in [0.15, 0.2) is 0 Å². The molecule has 27 heavy (non-hydrogen) atoms. The summed E-state index contributed by atoms with van der Waals surface area (Å²) in [5, 5.41) is 17.9. The minimum absolute atomic E-state index is 0.380. The zero-order valence-corrected chi connectivity index (χ0v) is 15.8. The van der Waals surface area contributed by atoms with Gasteiger partial charge >= 0.3 is 5.97 Å². The molecule has 138 valence electrons. The predicted molar refractivity (Wildman–Crippen MR) is 102 cm³/mol. The van der Waals surface area contributed by atoms with E-state index in [1.54, 1.807) is 11.8 Å². The van der Waals surface area contributed by atoms with E-state index in [0.717, 1.165) is 22.1 Å². The minimum Gasteiger partial charge on any atom is -0.480 e. The SMILES string of the molecule is Cc1nnc2n1CC(C(=O)O)N(Cc1ccc(Sc3ccccc3)cc1)C2. The Balaban J connectivity index is 1.48. The van der Waals surface area contributed by atoms with Gasteiger partial charge in [0.05, 0.1) is 13.1 Å². The number of fused-ring (bicyclic) bond motifs is 1. The molecule has 1 unspecified atom stereocenters. The van der Waals surface area contributed by atoms with E-state index in [1.165, 1.54) is 4.90 Å². The molecule has 1 aliphatic heterocycles. The Bertz CT molecular complexity index is 940. The molecule has 0 spiro atoms. The number of carboxylic acids is 1. The number of nitrogens with zero attached hydrogens (tertiary/aromatic N) is 4. The van der Waals surface area contributed by atoms with Gasteiger partial charge < -0.3 is 9.67 Å². The lowest BCUT2D eigenvalue weighted by atomic mass is 10.1. The van der Waals surface area contributed by atoms with Crippen LogP contribution in [0.15, 0.2) is 64.4 Å². The van der Waals surface area contributed by atoms with Crippen molar-refractivity contribution in [3.63, 3.8) is 0 Å². The van der Waals surface area contributed by atoms with Crippen molar-refractivity contribution >= 4 is 17.7 Å². The molecule has 1 atom stereocenters. The van der Waals surface area contributed by atoms with Gasteiger partial charge in [0.25, 0.3) is 0 Å². The first-order valence-electron chi connectivity index (χ1n) is 8.77. The third-order valence-corrected chi connectivity index (χ3v) is 5.74. The number of aryl methyl sites for hydroxylation is 1. The van der Waals surface area contributed by atoms with Crippen LogP contribution in [0.5, 0.6) is 0 Å². The van der Waals surface area contributed by atoms with Crippen molar-refractivity contribution in [2.75, 3.05) is 0 Å². The second kappa shape index (κ2) is 7.54. The Hall–Kier alpha value is -2.64. The van der Waals surface area contributed by atoms with E-state index in [9.17, 15) is 9.90 Å². The summed E-state index contributed by atoms with van der Waals surface area (Å²) in [5.41, 5.74) is 1.09. The molecular formula is C20H20N4O2S. The van der Waals surface area contributed by atoms with Gasteiger partial charge in [0.1, 0.15) is 17.7 Å². The molecule has 0 bridgehead atoms. The summed E-state index contributed by atoms with van der Waals surface area (Å²) < 4.78 is 1.90. The molecule has 3 aromatic rings. The third-order valence-electron chi connectivity index (χ3n) is 4.73. The van der Waals surface area contributed by atoms with Crippen molar-refractivity contribution in [1.82, 2.24) is 19.7 Å². The normalized spacial score (nSPS) is 16.9. The van der Waals surface area contributed by atoms with Crippen molar-refractivity contribution in [3.05, 3.63) is 71.8 Å². The Morgan fingerprint density at radius 2 is 1.81 bits per heavy atom. The van der Waals surface area contributed by atoms with E-state index in [0.29, 0.717) is 19.6 Å². The number of rotatable bonds is 5. The maximum Gasteiger partial charge on any atom is 0.322 e. The van der Waals surface area contributed by atoms with E-state index in [2.05, 4.69) is 46.6 Å². The van der Waals surface area contributed by atoms with E-state index < -0.39 is 12.0 Å². The Morgan fingerprint density at radius 1 is 1.11 bits per heavy atom. The summed E-state index contributed by atoms with van der Waals surface area (Å²) in [6, 6.07) is 17.9. The van der Waals surface area contributed by atoms with Gasteiger partial charge in [-0.1, -0.05) is 42.1 Å². The van der Waals surface area contributed by atoms with E-state index in [-0.39, 0.29) is 0 Å². The molecule has 0 saturated heterocycles. The van der Waals surface area contributed by atoms with Crippen molar-refractivity contribution in [1.29, 1.82) is 0 Å². The predicted octanol–water partition coefficient (Wildman–Crippen LogP) is 3.21. The molecule has 6 nitrogen and oxygen atoms in total. The molecule has 2 heterocycles. The van der Waals surface area contributed by atoms with Crippen LogP contribution < -0.4 is 0 Å². The van der Waals surface area contributed by atoms with Crippen LogP contribution in [-0.4, -0.2) is 36.8 Å². The van der Waals surface area contributed by atoms with Crippen LogP contribution in [0, 0.1) is 6.92 Å². The number of aromatic nitrogens is 3. The molecule has 0 saturated carbocycles. The Morgan fingerprint density at radius 3 is 2.52 bits per heavy atom. The molecule has 0 amide bonds. The first kappa shape index (κ1) is 17.8. The van der Waals surface area contributed by atoms with Crippen molar-refractivity contribution in [3.8, 4) is 0 Å². The van der Waals surface area contributed by atoms with Crippen molar-refractivity contribution < 1.29 is 9.90 Å². The monoisotopic (exact) mass is 380 g/mol. The van der Waals surface area contributed by atoms with Gasteiger partial charge in [-0.25, -0.2) is 0 Å². The van der Waals surface area contributed by atoms with Crippen LogP contribution in [0.2, 0.25) is 0 Å². The average molecular weight is 380 g/mol. The molecule has 0 radical (unpaired) electrons. The smallest absolute Gasteiger partial charge is 0.322 e. The number of carboxylic acid groups (broad SMARTS) is 1. The highest BCUT2D eigenvalue weighted by molar-refractivity contribution is 7.99. The lowest BCUT2D eigenvalue weighted by molar-refractivity contribution is -0.145. The van der Waals surface area contributed by atoms with Crippen LogP contribution in [0.3, 0.4) is 0 Å². The summed E-state index contributed by atoms with van der Waals surface area (Å²) in [6.45, 7) is 3.29. The van der Waals surface area contributed by atoms with Gasteiger partial charge in [0.2, 0.25) is 0 Å². The van der Waals surface area contributed by atoms with Gasteiger partial charge in [-0.05, 0) is 36.8 Å². The minimum atomic E-state index is -0.815. The van der Waals surface area contributed by atoms with E-state index >= 15 is 0 Å². The van der Waals surface area contributed by atoms with E-state index in [4.69, 9.17) is 0 Å². The lowest BCUT2D eigenvalue weighted by Gasteiger charge is -2.33. The summed E-state index contributed by atoms with van der Waals surface area (Å²) in [6.07, 6.45) is 0. The van der Waals surface area contributed by atoms with Gasteiger partial charge in [-0.2, -0.15) is 0 Å². The summed E-state index contributed by atoms with van der Waals surface area (Å²) in [7, 11) is 0. The molecule has 2 aromatic carbocycles. The average Bonchev–Trinajstić information content (AvgIpc) is 3.03. The van der Waals surface area contributed by atoms with Gasteiger partial charge in [0, 0.05) is 16.3 Å². The largest absolute Gasteiger partial charge is 0.480 e. The summed E-state index contributed by atoms with van der Waals surface area (Å²) in [4.78, 5) is 16.1. The van der Waals surface area contributed by atoms with Crippen LogP contribution in [-0.2, 0) is 24.4 Å². The highest BCUT2D eigenvalue weighted by atomic mass is 32.2. The first-order chi connectivity index (χ1) is 13.1. The standard InChI is InChI=1S/C20H20N4O2S/c1-14-21-22-19-13-23(18(20(25)26)12-24(14)19)11-15-7-9-17(10-8-15)27-16-5-3-2-4-6-16/h2-10,18H,11-13H2,1H3,(H,25,26). The second-order valence-corrected chi connectivity index (χ2v) is 7.74. The maximum absolute atomic E-state index is 11.8. The van der Waals surface area contributed by atoms with Crippen LogP contribution >= 0.6 is 11.8 Å². The second-order valence-electron chi connectivity index (χ2n) is 6.59. The highest BCUT2D eigenvalue weighted by Gasteiger charge is 2.33. The molecule has 4 rings (SSSR count). The fourth-order valence-electron chi connectivity index (χ4n) is 3.28. The first-order valence-corrected chi connectivity index (χ1v) is 9.59. The summed E-state index contributed by atoms with van der Waals surface area (Å²) >= 11 is 1.71. The molecular weight excluding hydrogens is 360 g/mol. The van der Waals surface area contributed by atoms with Crippen molar-refractivity contribution in [2.45, 2.75) is 42.4 Å². The quantitative estimate of drug-likeness (QED) is 0.733. The van der Waals surface area contributed by atoms with E-state index in [1.807, 2.05) is 34.6 Å². The van der Waals surface area contributed by atoms with Crippen molar-refractivity contribution in [2.24, 2.45) is 0 Å². The fourth-order valence-corrected chi connectivity index (χ4v) is 4.12. The molecule has 1 N–H and O–H groups in total. The highest BCUT2D eigenvalue weighted by Crippen LogP contribution is 2.28. The molecule has 1 aromatic heterocycles. The zero-order chi connectivity index (χ0) is 18.8. The molecule has 7 heteroatoms. The number of aliphatic carboxylic acids is 1. The van der Waals surface area contributed by atoms with Crippen LogP contribution in [0.1, 0.15) is 17.2 Å². The molecule has 0 aliphatic carbocycles. The Labute approximate surface area is 161 Å². The topological polar surface area (TPSA) is 71.2 Å². The van der Waals surface area contributed by atoms with Crippen LogP contribution in [0.25, 0.3) is 0 Å². The third kappa shape index (κ3) is 3.89. The lowest BCUT2D eigenvalue weighted by Crippen LogP contribution is -2.47. The number of carbonyl (C=O) groups is 1. The summed E-state index contributed by atoms with van der Waals surface area (Å²) in [5.74, 6) is 0.768. The molecule has 1 aliphatic rings. The van der Waals surface area contributed by atoms with Crippen LogP contribution in [0.4, 0.5) is 0 Å². The molecule has 0 fully saturated rings. The van der Waals surface area contributed by atoms with Gasteiger partial charge in [-0.3, -0.25) is 9.69 Å². The number of hydrogen-bond donors (Lipinski definition) is 1. The fraction of sp³-hybridized carbons (Fsp3) is 0.250. The van der Waals surface area contributed by atoms with Gasteiger partial charge in [-0.15, -0.1) is 10.2 Å². The zero-order valence-electron chi connectivity index (χ0n) is 14.9. The Kier molecular flexibility index (Phi) is 4.96. The maximum atomic E-state index is 11.8. The number of hydrogen-bond acceptors (Lipinski definition) is 5. The number of benzene rings is 2.